The maximum Gasteiger partial charge on any atom is 0.223 e. The summed E-state index contributed by atoms with van der Waals surface area (Å²) in [6, 6.07) is 5.78. The minimum Gasteiger partial charge on any atom is -0.490 e. The van der Waals surface area contributed by atoms with Crippen molar-refractivity contribution in [1.82, 2.24) is 5.32 Å². The van der Waals surface area contributed by atoms with E-state index in [1.807, 2.05) is 25.1 Å². The Labute approximate surface area is 130 Å². The minimum absolute atomic E-state index is 0.0338. The first-order valence-corrected chi connectivity index (χ1v) is 8.03. The molecule has 1 fully saturated rings. The van der Waals surface area contributed by atoms with E-state index in [9.17, 15) is 4.79 Å². The summed E-state index contributed by atoms with van der Waals surface area (Å²) < 4.78 is 16.8. The van der Waals surface area contributed by atoms with Crippen molar-refractivity contribution in [2.45, 2.75) is 44.8 Å². The highest BCUT2D eigenvalue weighted by molar-refractivity contribution is 5.77. The average molecular weight is 305 g/mol. The van der Waals surface area contributed by atoms with Gasteiger partial charge >= 0.3 is 0 Å². The number of benzene rings is 1. The van der Waals surface area contributed by atoms with Gasteiger partial charge in [0, 0.05) is 13.0 Å². The third-order valence-corrected chi connectivity index (χ3v) is 4.09. The fraction of sp³-hybridized carbons (Fsp3) is 0.588. The normalized spacial score (nSPS) is 22.0. The lowest BCUT2D eigenvalue weighted by Gasteiger charge is -2.17. The molecule has 3 rings (SSSR count). The predicted octanol–water partition coefficient (Wildman–Crippen LogP) is 2.59. The van der Waals surface area contributed by atoms with Gasteiger partial charge in [-0.1, -0.05) is 6.07 Å². The molecule has 22 heavy (non-hydrogen) atoms. The van der Waals surface area contributed by atoms with Gasteiger partial charge in [0.1, 0.15) is 0 Å². The molecule has 120 valence electrons. The van der Waals surface area contributed by atoms with Gasteiger partial charge in [0.2, 0.25) is 5.91 Å². The van der Waals surface area contributed by atoms with Gasteiger partial charge in [-0.15, -0.1) is 0 Å². The van der Waals surface area contributed by atoms with Gasteiger partial charge in [0.05, 0.1) is 31.8 Å². The summed E-state index contributed by atoms with van der Waals surface area (Å²) >= 11 is 0. The van der Waals surface area contributed by atoms with Crippen LogP contribution in [0.1, 0.15) is 44.2 Å². The molecule has 5 nitrogen and oxygen atoms in total. The highest BCUT2D eigenvalue weighted by Gasteiger charge is 2.21. The zero-order valence-electron chi connectivity index (χ0n) is 13.0. The van der Waals surface area contributed by atoms with Gasteiger partial charge < -0.3 is 19.5 Å². The summed E-state index contributed by atoms with van der Waals surface area (Å²) in [5.41, 5.74) is 1.02. The monoisotopic (exact) mass is 305 g/mol. The van der Waals surface area contributed by atoms with Gasteiger partial charge in [0.15, 0.2) is 11.5 Å². The van der Waals surface area contributed by atoms with Crippen LogP contribution in [0.15, 0.2) is 18.2 Å². The maximum atomic E-state index is 12.1. The number of carbonyl (C=O) groups is 1. The Balaban J connectivity index is 1.60. The molecule has 0 aromatic heterocycles. The van der Waals surface area contributed by atoms with Crippen LogP contribution < -0.4 is 14.8 Å². The van der Waals surface area contributed by atoms with E-state index in [1.54, 1.807) is 0 Å². The summed E-state index contributed by atoms with van der Waals surface area (Å²) in [6.45, 7) is 4.10. The van der Waals surface area contributed by atoms with E-state index >= 15 is 0 Å². The van der Waals surface area contributed by atoms with Gasteiger partial charge in [-0.2, -0.15) is 0 Å². The van der Waals surface area contributed by atoms with Crippen molar-refractivity contribution in [3.63, 3.8) is 0 Å². The number of nitrogens with one attached hydrogen (secondary N) is 1. The molecule has 0 spiro atoms. The number of ether oxygens (including phenoxy) is 3. The predicted molar refractivity (Wildman–Crippen MR) is 82.2 cm³/mol. The van der Waals surface area contributed by atoms with Gasteiger partial charge in [-0.05, 0) is 37.5 Å². The first-order chi connectivity index (χ1) is 10.7. The first kappa shape index (κ1) is 15.2. The topological polar surface area (TPSA) is 56.8 Å². The van der Waals surface area contributed by atoms with Crippen molar-refractivity contribution in [1.29, 1.82) is 0 Å². The Bertz CT molecular complexity index is 525. The van der Waals surface area contributed by atoms with Crippen LogP contribution in [0.5, 0.6) is 11.5 Å². The van der Waals surface area contributed by atoms with Crippen molar-refractivity contribution >= 4 is 5.91 Å². The number of carbonyl (C=O) groups excluding carboxylic acids is 1. The molecule has 2 aliphatic heterocycles. The third kappa shape index (κ3) is 3.71. The van der Waals surface area contributed by atoms with Crippen LogP contribution >= 0.6 is 0 Å². The molecule has 2 heterocycles. The fourth-order valence-electron chi connectivity index (χ4n) is 2.85. The molecular formula is C17H23NO4. The summed E-state index contributed by atoms with van der Waals surface area (Å²) in [5.74, 6) is 1.57. The molecule has 1 aromatic rings. The molecule has 1 amide bonds. The molecule has 2 unspecified atom stereocenters. The highest BCUT2D eigenvalue weighted by atomic mass is 16.5. The molecule has 1 N–H and O–H groups in total. The smallest absolute Gasteiger partial charge is 0.223 e. The van der Waals surface area contributed by atoms with Crippen molar-refractivity contribution in [2.75, 3.05) is 19.8 Å². The highest BCUT2D eigenvalue weighted by Crippen LogP contribution is 2.32. The van der Waals surface area contributed by atoms with E-state index in [4.69, 9.17) is 14.2 Å². The van der Waals surface area contributed by atoms with Crippen molar-refractivity contribution in [3.05, 3.63) is 23.8 Å². The van der Waals surface area contributed by atoms with Crippen LogP contribution in [0.2, 0.25) is 0 Å². The number of amides is 1. The Kier molecular flexibility index (Phi) is 4.83. The number of rotatable bonds is 4. The molecule has 0 saturated carbocycles. The van der Waals surface area contributed by atoms with E-state index in [2.05, 4.69) is 5.32 Å². The zero-order chi connectivity index (χ0) is 15.4. The van der Waals surface area contributed by atoms with Crippen molar-refractivity contribution in [2.24, 2.45) is 0 Å². The lowest BCUT2D eigenvalue weighted by atomic mass is 10.1. The largest absolute Gasteiger partial charge is 0.490 e. The van der Waals surface area contributed by atoms with Crippen LogP contribution in [0.4, 0.5) is 0 Å². The average Bonchev–Trinajstić information content (AvgIpc) is 2.89. The SMILES string of the molecule is CC(NC(=O)CC1CCCO1)c1ccc2c(c1)OCCCO2. The number of hydrogen-bond donors (Lipinski definition) is 1. The first-order valence-electron chi connectivity index (χ1n) is 8.03. The second kappa shape index (κ2) is 7.01. The van der Waals surface area contributed by atoms with Gasteiger partial charge in [0.25, 0.3) is 0 Å². The van der Waals surface area contributed by atoms with E-state index in [-0.39, 0.29) is 18.1 Å². The molecule has 1 aromatic carbocycles. The molecule has 0 bridgehead atoms. The summed E-state index contributed by atoms with van der Waals surface area (Å²) in [4.78, 5) is 12.1. The van der Waals surface area contributed by atoms with E-state index in [1.165, 1.54) is 0 Å². The van der Waals surface area contributed by atoms with Gasteiger partial charge in [-0.25, -0.2) is 0 Å². The van der Waals surface area contributed by atoms with Crippen molar-refractivity contribution < 1.29 is 19.0 Å². The lowest BCUT2D eigenvalue weighted by molar-refractivity contribution is -0.123. The fourth-order valence-corrected chi connectivity index (χ4v) is 2.85. The summed E-state index contributed by atoms with van der Waals surface area (Å²) in [5, 5.41) is 3.03. The second-order valence-electron chi connectivity index (χ2n) is 5.89. The standard InChI is InChI=1S/C17H23NO4/c1-12(18-17(19)11-14-4-2-7-20-14)13-5-6-15-16(10-13)22-9-3-8-21-15/h5-6,10,12,14H,2-4,7-9,11H2,1H3,(H,18,19). The number of fused-ring (bicyclic) bond motifs is 1. The van der Waals surface area contributed by atoms with E-state index in [0.717, 1.165) is 42.9 Å². The van der Waals surface area contributed by atoms with E-state index < -0.39 is 0 Å². The van der Waals surface area contributed by atoms with E-state index in [0.29, 0.717) is 19.6 Å². The molecule has 0 radical (unpaired) electrons. The molecule has 2 atom stereocenters. The summed E-state index contributed by atoms with van der Waals surface area (Å²) in [6.07, 6.45) is 3.43. The molecule has 1 saturated heterocycles. The molecule has 2 aliphatic rings. The third-order valence-electron chi connectivity index (χ3n) is 4.09. The summed E-state index contributed by atoms with van der Waals surface area (Å²) in [7, 11) is 0. The zero-order valence-corrected chi connectivity index (χ0v) is 13.0. The lowest BCUT2D eigenvalue weighted by Crippen LogP contribution is -2.29. The Hall–Kier alpha value is -1.75. The quantitative estimate of drug-likeness (QED) is 0.929. The molecule has 5 heteroatoms. The van der Waals surface area contributed by atoms with Crippen LogP contribution in [-0.2, 0) is 9.53 Å². The molecule has 0 aliphatic carbocycles. The Morgan fingerprint density at radius 3 is 2.82 bits per heavy atom. The van der Waals surface area contributed by atoms with Gasteiger partial charge in [-0.3, -0.25) is 4.79 Å². The Morgan fingerprint density at radius 1 is 1.23 bits per heavy atom. The van der Waals surface area contributed by atoms with Crippen molar-refractivity contribution in [3.8, 4) is 11.5 Å². The number of hydrogen-bond acceptors (Lipinski definition) is 4. The minimum atomic E-state index is -0.0638. The Morgan fingerprint density at radius 2 is 2.05 bits per heavy atom. The van der Waals surface area contributed by atoms with Crippen LogP contribution in [-0.4, -0.2) is 31.8 Å². The second-order valence-corrected chi connectivity index (χ2v) is 5.89. The van der Waals surface area contributed by atoms with Crippen LogP contribution in [0.3, 0.4) is 0 Å². The van der Waals surface area contributed by atoms with Crippen LogP contribution in [0.25, 0.3) is 0 Å². The molecular weight excluding hydrogens is 282 g/mol. The van der Waals surface area contributed by atoms with Crippen LogP contribution in [0, 0.1) is 0 Å². The maximum absolute atomic E-state index is 12.1.